The molecule has 23 heavy (non-hydrogen) atoms. The van der Waals surface area contributed by atoms with Gasteiger partial charge in [0.2, 0.25) is 0 Å². The normalized spacial score (nSPS) is 25.6. The third-order valence-electron chi connectivity index (χ3n) is 5.34. The fourth-order valence-corrected chi connectivity index (χ4v) is 5.20. The summed E-state index contributed by atoms with van der Waals surface area (Å²) in [7, 11) is 0. The van der Waals surface area contributed by atoms with Crippen LogP contribution in [-0.2, 0) is 4.79 Å². The Morgan fingerprint density at radius 2 is 1.83 bits per heavy atom. The van der Waals surface area contributed by atoms with Crippen molar-refractivity contribution >= 4 is 28.9 Å². The molecule has 0 saturated heterocycles. The highest BCUT2D eigenvalue weighted by atomic mass is 32.1. The summed E-state index contributed by atoms with van der Waals surface area (Å²) in [5.41, 5.74) is 2.52. The molecule has 1 aromatic rings. The summed E-state index contributed by atoms with van der Waals surface area (Å²) in [5, 5.41) is 1.98. The number of hydrogen-bond donors (Lipinski definition) is 0. The van der Waals surface area contributed by atoms with E-state index >= 15 is 0 Å². The zero-order valence-electron chi connectivity index (χ0n) is 13.0. The van der Waals surface area contributed by atoms with Crippen LogP contribution in [0.1, 0.15) is 76.5 Å². The average molecular weight is 329 g/mol. The third kappa shape index (κ3) is 2.21. The molecule has 2 heterocycles. The predicted molar refractivity (Wildman–Crippen MR) is 87.8 cm³/mol. The molecule has 1 atom stereocenters. The van der Waals surface area contributed by atoms with Crippen LogP contribution in [0.15, 0.2) is 17.5 Å². The SMILES string of the molecule is C=C1CCC(N2C(=O)c3scc(C4CCCC4)c3C2=O)C(=O)C1. The van der Waals surface area contributed by atoms with Gasteiger partial charge in [0.1, 0.15) is 4.88 Å². The van der Waals surface area contributed by atoms with Gasteiger partial charge >= 0.3 is 0 Å². The molecule has 0 N–H and O–H groups in total. The standard InChI is InChI=1S/C18H19NO3S/c1-10-6-7-13(14(20)8-10)19-17(21)15-12(11-4-2-3-5-11)9-23-16(15)18(19)22/h9,11,13H,1-8H2. The molecule has 1 unspecified atom stereocenters. The van der Waals surface area contributed by atoms with Crippen molar-refractivity contribution in [3.8, 4) is 0 Å². The highest BCUT2D eigenvalue weighted by Gasteiger charge is 2.46. The third-order valence-corrected chi connectivity index (χ3v) is 6.33. The van der Waals surface area contributed by atoms with Crippen LogP contribution in [0.3, 0.4) is 0 Å². The van der Waals surface area contributed by atoms with Crippen LogP contribution >= 0.6 is 11.3 Å². The maximum absolute atomic E-state index is 12.9. The Morgan fingerprint density at radius 1 is 1.09 bits per heavy atom. The van der Waals surface area contributed by atoms with Crippen LogP contribution in [0, 0.1) is 0 Å². The molecule has 120 valence electrons. The van der Waals surface area contributed by atoms with E-state index in [0.29, 0.717) is 29.2 Å². The summed E-state index contributed by atoms with van der Waals surface area (Å²) in [5.74, 6) is -0.182. The smallest absolute Gasteiger partial charge is 0.272 e. The second kappa shape index (κ2) is 5.41. The summed E-state index contributed by atoms with van der Waals surface area (Å²) in [6.07, 6.45) is 6.05. The Kier molecular flexibility index (Phi) is 3.48. The molecule has 1 aromatic heterocycles. The van der Waals surface area contributed by atoms with Gasteiger partial charge in [-0.1, -0.05) is 25.0 Å². The molecule has 0 radical (unpaired) electrons. The minimum atomic E-state index is -0.600. The molecule has 3 aliphatic rings. The number of ketones is 1. The van der Waals surface area contributed by atoms with E-state index in [4.69, 9.17) is 0 Å². The van der Waals surface area contributed by atoms with Crippen molar-refractivity contribution in [2.24, 2.45) is 0 Å². The van der Waals surface area contributed by atoms with Gasteiger partial charge in [-0.15, -0.1) is 11.3 Å². The van der Waals surface area contributed by atoms with Gasteiger partial charge in [0, 0.05) is 6.42 Å². The number of thiophene rings is 1. The monoisotopic (exact) mass is 329 g/mol. The van der Waals surface area contributed by atoms with Gasteiger partial charge in [-0.2, -0.15) is 0 Å². The summed E-state index contributed by atoms with van der Waals surface area (Å²) in [4.78, 5) is 39.7. The van der Waals surface area contributed by atoms with Crippen molar-refractivity contribution in [3.05, 3.63) is 33.5 Å². The van der Waals surface area contributed by atoms with Crippen LogP contribution in [0.5, 0.6) is 0 Å². The summed E-state index contributed by atoms with van der Waals surface area (Å²) in [6, 6.07) is -0.600. The highest BCUT2D eigenvalue weighted by molar-refractivity contribution is 7.13. The average Bonchev–Trinajstić information content (AvgIpc) is 3.20. The van der Waals surface area contributed by atoms with Crippen molar-refractivity contribution in [1.29, 1.82) is 0 Å². The maximum Gasteiger partial charge on any atom is 0.272 e. The Morgan fingerprint density at radius 3 is 2.52 bits per heavy atom. The quantitative estimate of drug-likeness (QED) is 0.614. The molecular weight excluding hydrogens is 310 g/mol. The molecule has 2 saturated carbocycles. The number of nitrogens with zero attached hydrogens (tertiary/aromatic N) is 1. The van der Waals surface area contributed by atoms with E-state index in [0.717, 1.165) is 24.0 Å². The van der Waals surface area contributed by atoms with Gasteiger partial charge in [-0.05, 0) is 42.5 Å². The van der Waals surface area contributed by atoms with E-state index in [9.17, 15) is 14.4 Å². The van der Waals surface area contributed by atoms with E-state index in [1.165, 1.54) is 29.1 Å². The first-order chi connectivity index (χ1) is 11.1. The number of rotatable bonds is 2. The lowest BCUT2D eigenvalue weighted by molar-refractivity contribution is -0.123. The number of hydrogen-bond acceptors (Lipinski definition) is 4. The minimum absolute atomic E-state index is 0.0551. The molecular formula is C18H19NO3S. The van der Waals surface area contributed by atoms with Gasteiger partial charge < -0.3 is 0 Å². The van der Waals surface area contributed by atoms with E-state index < -0.39 is 6.04 Å². The zero-order valence-corrected chi connectivity index (χ0v) is 13.8. The Labute approximate surface area is 139 Å². The molecule has 5 heteroatoms. The lowest BCUT2D eigenvalue weighted by Crippen LogP contribution is -2.46. The lowest BCUT2D eigenvalue weighted by atomic mass is 9.89. The van der Waals surface area contributed by atoms with Gasteiger partial charge in [-0.25, -0.2) is 0 Å². The molecule has 0 spiro atoms. The number of carbonyl (C=O) groups is 3. The number of fused-ring (bicyclic) bond motifs is 1. The van der Waals surface area contributed by atoms with Crippen molar-refractivity contribution in [1.82, 2.24) is 4.90 Å². The number of Topliss-reactive ketones (excluding diaryl/α,β-unsaturated/α-hetero) is 1. The summed E-state index contributed by atoms with van der Waals surface area (Å²) >= 11 is 1.37. The first kappa shape index (κ1) is 14.8. The Bertz CT molecular complexity index is 727. The van der Waals surface area contributed by atoms with Crippen LogP contribution < -0.4 is 0 Å². The summed E-state index contributed by atoms with van der Waals surface area (Å²) < 4.78 is 0. The van der Waals surface area contributed by atoms with Crippen LogP contribution in [-0.4, -0.2) is 28.5 Å². The first-order valence-corrected chi connectivity index (χ1v) is 9.14. The topological polar surface area (TPSA) is 54.5 Å². The second-order valence-corrected chi connectivity index (χ2v) is 7.68. The van der Waals surface area contributed by atoms with Gasteiger partial charge in [0.15, 0.2) is 5.78 Å². The fourth-order valence-electron chi connectivity index (χ4n) is 4.12. The Hall–Kier alpha value is -1.75. The molecule has 0 aromatic carbocycles. The van der Waals surface area contributed by atoms with E-state index in [1.54, 1.807) is 0 Å². The molecule has 0 bridgehead atoms. The molecule has 2 aliphatic carbocycles. The van der Waals surface area contributed by atoms with Crippen LogP contribution in [0.25, 0.3) is 0 Å². The number of carbonyl (C=O) groups excluding carboxylic acids is 3. The van der Waals surface area contributed by atoms with Crippen molar-refractivity contribution in [2.45, 2.75) is 56.9 Å². The van der Waals surface area contributed by atoms with Crippen LogP contribution in [0.4, 0.5) is 0 Å². The predicted octanol–water partition coefficient (Wildman–Crippen LogP) is 3.68. The van der Waals surface area contributed by atoms with Crippen molar-refractivity contribution in [2.75, 3.05) is 0 Å². The molecule has 2 fully saturated rings. The molecule has 4 nitrogen and oxygen atoms in total. The van der Waals surface area contributed by atoms with Gasteiger partial charge in [-0.3, -0.25) is 19.3 Å². The van der Waals surface area contributed by atoms with Crippen molar-refractivity contribution in [3.63, 3.8) is 0 Å². The highest BCUT2D eigenvalue weighted by Crippen LogP contribution is 2.43. The lowest BCUT2D eigenvalue weighted by Gasteiger charge is -2.29. The zero-order chi connectivity index (χ0) is 16.1. The van der Waals surface area contributed by atoms with Crippen molar-refractivity contribution < 1.29 is 14.4 Å². The van der Waals surface area contributed by atoms with Crippen LogP contribution in [0.2, 0.25) is 0 Å². The molecule has 2 amide bonds. The molecule has 1 aliphatic heterocycles. The fraction of sp³-hybridized carbons (Fsp3) is 0.500. The van der Waals surface area contributed by atoms with E-state index in [-0.39, 0.29) is 24.0 Å². The number of amides is 2. The largest absolute Gasteiger partial charge is 0.297 e. The number of allylic oxidation sites excluding steroid dienone is 1. The second-order valence-electron chi connectivity index (χ2n) is 6.80. The molecule has 4 rings (SSSR count). The van der Waals surface area contributed by atoms with E-state index in [2.05, 4.69) is 6.58 Å². The minimum Gasteiger partial charge on any atom is -0.297 e. The van der Waals surface area contributed by atoms with Gasteiger partial charge in [0.25, 0.3) is 11.8 Å². The first-order valence-electron chi connectivity index (χ1n) is 8.26. The summed E-state index contributed by atoms with van der Waals surface area (Å²) in [6.45, 7) is 3.85. The number of imide groups is 1. The maximum atomic E-state index is 12.9. The Balaban J connectivity index is 1.67. The van der Waals surface area contributed by atoms with E-state index in [1.807, 2.05) is 5.38 Å². The van der Waals surface area contributed by atoms with Gasteiger partial charge in [0.05, 0.1) is 11.6 Å².